The molecule has 0 fully saturated rings. The summed E-state index contributed by atoms with van der Waals surface area (Å²) in [6, 6.07) is 14.8. The van der Waals surface area contributed by atoms with Crippen molar-refractivity contribution in [2.45, 2.75) is 38.3 Å². The quantitative estimate of drug-likeness (QED) is 0.770. The number of esters is 1. The summed E-state index contributed by atoms with van der Waals surface area (Å²) in [5.74, 6) is -0.835. The number of benzene rings is 2. The highest BCUT2D eigenvalue weighted by atomic mass is 32.2. The molecule has 0 aliphatic heterocycles. The van der Waals surface area contributed by atoms with Crippen molar-refractivity contribution in [3.63, 3.8) is 0 Å². The summed E-state index contributed by atoms with van der Waals surface area (Å²) in [6.45, 7) is 5.52. The maximum Gasteiger partial charge on any atom is 0.324 e. The van der Waals surface area contributed by atoms with E-state index in [0.29, 0.717) is 0 Å². The average Bonchev–Trinajstić information content (AvgIpc) is 2.58. The summed E-state index contributed by atoms with van der Waals surface area (Å²) >= 11 is 0. The minimum atomic E-state index is -3.80. The summed E-state index contributed by atoms with van der Waals surface area (Å²) in [4.78, 5) is 12.5. The van der Waals surface area contributed by atoms with Crippen molar-refractivity contribution in [3.05, 3.63) is 65.7 Å². The summed E-state index contributed by atoms with van der Waals surface area (Å²) in [5.41, 5.74) is 1.81. The SMILES string of the molecule is Cc1ccc(S(=O)(=O)N[C@H](C(=O)OCc2ccccc2)C(C)C)cc1. The van der Waals surface area contributed by atoms with Crippen LogP contribution in [0, 0.1) is 12.8 Å². The molecule has 0 saturated carbocycles. The monoisotopic (exact) mass is 361 g/mol. The molecule has 0 spiro atoms. The van der Waals surface area contributed by atoms with Crippen LogP contribution in [0.5, 0.6) is 0 Å². The zero-order valence-corrected chi connectivity index (χ0v) is 15.4. The highest BCUT2D eigenvalue weighted by molar-refractivity contribution is 7.89. The fraction of sp³-hybridized carbons (Fsp3) is 0.316. The third-order valence-corrected chi connectivity index (χ3v) is 5.21. The third-order valence-electron chi connectivity index (χ3n) is 3.76. The molecule has 0 bridgehead atoms. The predicted octanol–water partition coefficient (Wildman–Crippen LogP) is 3.04. The van der Waals surface area contributed by atoms with Crippen LogP contribution in [0.1, 0.15) is 25.0 Å². The number of aryl methyl sites for hydroxylation is 1. The molecule has 2 rings (SSSR count). The van der Waals surface area contributed by atoms with Crippen LogP contribution in [0.2, 0.25) is 0 Å². The number of sulfonamides is 1. The Morgan fingerprint density at radius 2 is 1.64 bits per heavy atom. The van der Waals surface area contributed by atoms with Crippen molar-refractivity contribution >= 4 is 16.0 Å². The van der Waals surface area contributed by atoms with Crippen LogP contribution in [0.25, 0.3) is 0 Å². The average molecular weight is 361 g/mol. The molecule has 0 radical (unpaired) electrons. The number of rotatable bonds is 7. The van der Waals surface area contributed by atoms with Gasteiger partial charge in [-0.3, -0.25) is 4.79 Å². The fourth-order valence-corrected chi connectivity index (χ4v) is 3.56. The normalized spacial score (nSPS) is 12.8. The smallest absolute Gasteiger partial charge is 0.324 e. The van der Waals surface area contributed by atoms with E-state index in [1.165, 1.54) is 12.1 Å². The molecule has 134 valence electrons. The van der Waals surface area contributed by atoms with E-state index in [4.69, 9.17) is 4.74 Å². The van der Waals surface area contributed by atoms with E-state index in [0.717, 1.165) is 11.1 Å². The lowest BCUT2D eigenvalue weighted by atomic mass is 10.1. The molecule has 0 aliphatic carbocycles. The number of carbonyl (C=O) groups excluding carboxylic acids is 1. The lowest BCUT2D eigenvalue weighted by molar-refractivity contribution is -0.148. The first-order chi connectivity index (χ1) is 11.8. The second-order valence-corrected chi connectivity index (χ2v) is 7.96. The first kappa shape index (κ1) is 19.1. The van der Waals surface area contributed by atoms with Gasteiger partial charge in [0, 0.05) is 0 Å². The van der Waals surface area contributed by atoms with Crippen LogP contribution in [0.15, 0.2) is 59.5 Å². The zero-order valence-electron chi connectivity index (χ0n) is 14.6. The van der Waals surface area contributed by atoms with Gasteiger partial charge in [-0.2, -0.15) is 4.72 Å². The molecule has 0 amide bonds. The molecule has 0 aliphatic rings. The van der Waals surface area contributed by atoms with Crippen LogP contribution in [0.3, 0.4) is 0 Å². The lowest BCUT2D eigenvalue weighted by Gasteiger charge is -2.21. The van der Waals surface area contributed by atoms with Crippen molar-refractivity contribution < 1.29 is 17.9 Å². The Morgan fingerprint density at radius 1 is 1.04 bits per heavy atom. The molecule has 0 saturated heterocycles. The molecule has 6 heteroatoms. The van der Waals surface area contributed by atoms with Gasteiger partial charge in [0.2, 0.25) is 10.0 Å². The number of hydrogen-bond donors (Lipinski definition) is 1. The van der Waals surface area contributed by atoms with Crippen molar-refractivity contribution in [1.82, 2.24) is 4.72 Å². The van der Waals surface area contributed by atoms with Gasteiger partial charge in [0.1, 0.15) is 12.6 Å². The summed E-state index contributed by atoms with van der Waals surface area (Å²) in [5, 5.41) is 0. The standard InChI is InChI=1S/C19H23NO4S/c1-14(2)18(19(21)24-13-16-7-5-4-6-8-16)20-25(22,23)17-11-9-15(3)10-12-17/h4-12,14,18,20H,13H2,1-3H3/t18-/m0/s1. The van der Waals surface area contributed by atoms with Crippen molar-refractivity contribution in [2.75, 3.05) is 0 Å². The van der Waals surface area contributed by atoms with Crippen LogP contribution in [0.4, 0.5) is 0 Å². The van der Waals surface area contributed by atoms with Gasteiger partial charge in [0.25, 0.3) is 0 Å². The van der Waals surface area contributed by atoms with E-state index in [-0.39, 0.29) is 17.4 Å². The van der Waals surface area contributed by atoms with Gasteiger partial charge in [-0.05, 0) is 30.5 Å². The van der Waals surface area contributed by atoms with E-state index in [9.17, 15) is 13.2 Å². The Labute approximate surface area is 149 Å². The van der Waals surface area contributed by atoms with Crippen LogP contribution in [-0.2, 0) is 26.2 Å². The first-order valence-electron chi connectivity index (χ1n) is 8.09. The van der Waals surface area contributed by atoms with E-state index in [1.807, 2.05) is 37.3 Å². The molecule has 0 heterocycles. The van der Waals surface area contributed by atoms with Crippen molar-refractivity contribution in [2.24, 2.45) is 5.92 Å². The molecule has 0 aromatic heterocycles. The Kier molecular flexibility index (Phi) is 6.33. The number of nitrogens with one attached hydrogen (secondary N) is 1. The summed E-state index contributed by atoms with van der Waals surface area (Å²) < 4.78 is 32.8. The zero-order chi connectivity index (χ0) is 18.4. The van der Waals surface area contributed by atoms with E-state index < -0.39 is 22.0 Å². The van der Waals surface area contributed by atoms with Gasteiger partial charge in [-0.1, -0.05) is 61.9 Å². The van der Waals surface area contributed by atoms with Gasteiger partial charge < -0.3 is 4.74 Å². The van der Waals surface area contributed by atoms with Crippen molar-refractivity contribution in [3.8, 4) is 0 Å². The molecular formula is C19H23NO4S. The molecule has 5 nitrogen and oxygen atoms in total. The fourth-order valence-electron chi connectivity index (χ4n) is 2.23. The van der Waals surface area contributed by atoms with Gasteiger partial charge >= 0.3 is 5.97 Å². The molecular weight excluding hydrogens is 338 g/mol. The highest BCUT2D eigenvalue weighted by Crippen LogP contribution is 2.14. The Balaban J connectivity index is 2.09. The van der Waals surface area contributed by atoms with E-state index in [2.05, 4.69) is 4.72 Å². The molecule has 2 aromatic carbocycles. The van der Waals surface area contributed by atoms with Crippen LogP contribution < -0.4 is 4.72 Å². The third kappa shape index (κ3) is 5.41. The van der Waals surface area contributed by atoms with Crippen LogP contribution >= 0.6 is 0 Å². The molecule has 0 unspecified atom stereocenters. The Bertz CT molecular complexity index is 799. The number of ether oxygens (including phenoxy) is 1. The molecule has 1 N–H and O–H groups in total. The summed E-state index contributed by atoms with van der Waals surface area (Å²) in [7, 11) is -3.80. The maximum absolute atomic E-state index is 12.5. The largest absolute Gasteiger partial charge is 0.460 e. The summed E-state index contributed by atoms with van der Waals surface area (Å²) in [6.07, 6.45) is 0. The Hall–Kier alpha value is -2.18. The second kappa shape index (κ2) is 8.27. The van der Waals surface area contributed by atoms with Gasteiger partial charge in [0.15, 0.2) is 0 Å². The van der Waals surface area contributed by atoms with Gasteiger partial charge in [0.05, 0.1) is 4.90 Å². The number of hydrogen-bond acceptors (Lipinski definition) is 4. The number of carbonyl (C=O) groups is 1. The minimum absolute atomic E-state index is 0.106. The first-order valence-corrected chi connectivity index (χ1v) is 9.57. The Morgan fingerprint density at radius 3 is 2.20 bits per heavy atom. The van der Waals surface area contributed by atoms with Crippen LogP contribution in [-0.4, -0.2) is 20.4 Å². The highest BCUT2D eigenvalue weighted by Gasteiger charge is 2.29. The van der Waals surface area contributed by atoms with E-state index in [1.54, 1.807) is 26.0 Å². The van der Waals surface area contributed by atoms with E-state index >= 15 is 0 Å². The van der Waals surface area contributed by atoms with Gasteiger partial charge in [-0.15, -0.1) is 0 Å². The minimum Gasteiger partial charge on any atom is -0.460 e. The topological polar surface area (TPSA) is 72.5 Å². The van der Waals surface area contributed by atoms with Crippen molar-refractivity contribution in [1.29, 1.82) is 0 Å². The molecule has 1 atom stereocenters. The second-order valence-electron chi connectivity index (χ2n) is 6.25. The predicted molar refractivity (Wildman–Crippen MR) is 96.4 cm³/mol. The lowest BCUT2D eigenvalue weighted by Crippen LogP contribution is -2.45. The molecule has 2 aromatic rings. The van der Waals surface area contributed by atoms with Gasteiger partial charge in [-0.25, -0.2) is 8.42 Å². The molecule has 25 heavy (non-hydrogen) atoms. The maximum atomic E-state index is 12.5.